The Morgan fingerprint density at radius 3 is 2.72 bits per heavy atom. The van der Waals surface area contributed by atoms with Gasteiger partial charge in [0, 0.05) is 0 Å². The van der Waals surface area contributed by atoms with Crippen molar-refractivity contribution in [2.24, 2.45) is 5.73 Å². The predicted octanol–water partition coefficient (Wildman–Crippen LogP) is 3.42. The third-order valence-electron chi connectivity index (χ3n) is 4.51. The first-order valence-electron chi connectivity index (χ1n) is 8.25. The van der Waals surface area contributed by atoms with Crippen LogP contribution in [0.25, 0.3) is 0 Å². The van der Waals surface area contributed by atoms with Crippen molar-refractivity contribution in [3.8, 4) is 11.5 Å². The molecule has 25 heavy (non-hydrogen) atoms. The number of methoxy groups -OCH3 is 1. The molecule has 0 bridgehead atoms. The lowest BCUT2D eigenvalue weighted by atomic mass is 9.87. The van der Waals surface area contributed by atoms with Crippen LogP contribution in [0.5, 0.6) is 11.5 Å². The van der Waals surface area contributed by atoms with Gasteiger partial charge in [0.05, 0.1) is 13.2 Å². The average Bonchev–Trinajstić information content (AvgIpc) is 2.65. The van der Waals surface area contributed by atoms with E-state index in [9.17, 15) is 10.0 Å². The molecule has 2 aromatic rings. The Kier molecular flexibility index (Phi) is 5.09. The van der Waals surface area contributed by atoms with Crippen LogP contribution in [0.15, 0.2) is 42.5 Å². The van der Waals surface area contributed by atoms with Crippen LogP contribution in [-0.2, 0) is 13.0 Å². The molecule has 0 fully saturated rings. The molecule has 0 aliphatic heterocycles. The van der Waals surface area contributed by atoms with E-state index in [1.807, 2.05) is 42.5 Å². The van der Waals surface area contributed by atoms with E-state index in [2.05, 4.69) is 0 Å². The van der Waals surface area contributed by atoms with Gasteiger partial charge in [0.15, 0.2) is 0 Å². The van der Waals surface area contributed by atoms with Crippen LogP contribution in [0.2, 0.25) is 0 Å². The molecule has 6 heteroatoms. The van der Waals surface area contributed by atoms with E-state index in [-0.39, 0.29) is 0 Å². The monoisotopic (exact) mass is 342 g/mol. The SMILES string of the molecule is COc1ccc(COc2cccc3c2CCCC3N(O)C(N)=O)cc1. The number of ether oxygens (including phenoxy) is 2. The summed E-state index contributed by atoms with van der Waals surface area (Å²) in [5.74, 6) is 1.58. The number of fused-ring (bicyclic) bond motifs is 1. The molecule has 1 atom stereocenters. The molecule has 1 unspecified atom stereocenters. The molecule has 2 aromatic carbocycles. The summed E-state index contributed by atoms with van der Waals surface area (Å²) in [7, 11) is 1.63. The normalized spacial score (nSPS) is 16.0. The van der Waals surface area contributed by atoms with Gasteiger partial charge in [-0.2, -0.15) is 5.06 Å². The molecule has 0 saturated heterocycles. The molecular weight excluding hydrogens is 320 g/mol. The molecule has 0 heterocycles. The number of rotatable bonds is 5. The van der Waals surface area contributed by atoms with Gasteiger partial charge in [0.1, 0.15) is 18.1 Å². The van der Waals surface area contributed by atoms with Crippen molar-refractivity contribution < 1.29 is 19.5 Å². The molecular formula is C19H22N2O4. The van der Waals surface area contributed by atoms with E-state index in [1.165, 1.54) is 0 Å². The van der Waals surface area contributed by atoms with Gasteiger partial charge in [0.25, 0.3) is 0 Å². The zero-order chi connectivity index (χ0) is 17.8. The Morgan fingerprint density at radius 1 is 1.28 bits per heavy atom. The van der Waals surface area contributed by atoms with Crippen molar-refractivity contribution >= 4 is 6.03 Å². The summed E-state index contributed by atoms with van der Waals surface area (Å²) in [4.78, 5) is 11.3. The van der Waals surface area contributed by atoms with Gasteiger partial charge in [0.2, 0.25) is 0 Å². The molecule has 1 aliphatic rings. The van der Waals surface area contributed by atoms with Crippen molar-refractivity contribution in [3.05, 3.63) is 59.2 Å². The van der Waals surface area contributed by atoms with E-state index in [0.717, 1.165) is 41.0 Å². The van der Waals surface area contributed by atoms with E-state index >= 15 is 0 Å². The number of nitrogens with two attached hydrogens (primary N) is 1. The smallest absolute Gasteiger partial charge is 0.339 e. The second-order valence-electron chi connectivity index (χ2n) is 6.05. The molecule has 0 spiro atoms. The first-order valence-corrected chi connectivity index (χ1v) is 8.25. The predicted molar refractivity (Wildman–Crippen MR) is 92.7 cm³/mol. The lowest BCUT2D eigenvalue weighted by Crippen LogP contribution is -2.37. The van der Waals surface area contributed by atoms with Crippen LogP contribution in [0.4, 0.5) is 4.79 Å². The van der Waals surface area contributed by atoms with Crippen molar-refractivity contribution in [1.29, 1.82) is 0 Å². The highest BCUT2D eigenvalue weighted by Crippen LogP contribution is 2.38. The molecule has 0 radical (unpaired) electrons. The quantitative estimate of drug-likeness (QED) is 0.644. The van der Waals surface area contributed by atoms with Crippen LogP contribution in [0.3, 0.4) is 0 Å². The molecule has 3 N–H and O–H groups in total. The van der Waals surface area contributed by atoms with Crippen LogP contribution in [0.1, 0.15) is 35.6 Å². The summed E-state index contributed by atoms with van der Waals surface area (Å²) in [6.07, 6.45) is 2.37. The number of benzene rings is 2. The van der Waals surface area contributed by atoms with Crippen LogP contribution in [-0.4, -0.2) is 23.4 Å². The Morgan fingerprint density at radius 2 is 2.04 bits per heavy atom. The standard InChI is InChI=1S/C19H22N2O4/c1-24-14-10-8-13(9-11-14)12-25-18-7-3-4-15-16(18)5-2-6-17(15)21(23)19(20)22/h3-4,7-11,17,23H,2,5-6,12H2,1H3,(H2,20,22). The number of carbonyl (C=O) groups excluding carboxylic acids is 1. The number of carbonyl (C=O) groups is 1. The number of hydrogen-bond acceptors (Lipinski definition) is 4. The third kappa shape index (κ3) is 3.69. The second-order valence-corrected chi connectivity index (χ2v) is 6.05. The van der Waals surface area contributed by atoms with Crippen molar-refractivity contribution in [1.82, 2.24) is 5.06 Å². The van der Waals surface area contributed by atoms with Gasteiger partial charge in [-0.05, 0) is 54.2 Å². The molecule has 6 nitrogen and oxygen atoms in total. The lowest BCUT2D eigenvalue weighted by molar-refractivity contribution is -0.0809. The van der Waals surface area contributed by atoms with E-state index in [1.54, 1.807) is 7.11 Å². The maximum Gasteiger partial charge on any atom is 0.339 e. The highest BCUT2D eigenvalue weighted by molar-refractivity contribution is 5.71. The highest BCUT2D eigenvalue weighted by Gasteiger charge is 2.29. The summed E-state index contributed by atoms with van der Waals surface area (Å²) < 4.78 is 11.1. The summed E-state index contributed by atoms with van der Waals surface area (Å²) in [6, 6.07) is 12.1. The number of primary amides is 1. The summed E-state index contributed by atoms with van der Waals surface area (Å²) in [5.41, 5.74) is 8.16. The maximum absolute atomic E-state index is 11.3. The van der Waals surface area contributed by atoms with Gasteiger partial charge < -0.3 is 15.2 Å². The van der Waals surface area contributed by atoms with Gasteiger partial charge >= 0.3 is 6.03 Å². The average molecular weight is 342 g/mol. The Labute approximate surface area is 146 Å². The van der Waals surface area contributed by atoms with Crippen LogP contribution in [0, 0.1) is 0 Å². The minimum Gasteiger partial charge on any atom is -0.497 e. The Balaban J connectivity index is 1.78. The van der Waals surface area contributed by atoms with Gasteiger partial charge in [-0.1, -0.05) is 24.3 Å². The third-order valence-corrected chi connectivity index (χ3v) is 4.51. The van der Waals surface area contributed by atoms with Crippen molar-refractivity contribution in [3.63, 3.8) is 0 Å². The molecule has 0 aromatic heterocycles. The minimum atomic E-state index is -0.845. The number of hydroxylamine groups is 2. The largest absolute Gasteiger partial charge is 0.497 e. The number of hydrogen-bond donors (Lipinski definition) is 2. The molecule has 132 valence electrons. The molecule has 2 amide bonds. The van der Waals surface area contributed by atoms with Crippen LogP contribution >= 0.6 is 0 Å². The number of nitrogens with zero attached hydrogens (tertiary/aromatic N) is 1. The zero-order valence-electron chi connectivity index (χ0n) is 14.1. The minimum absolute atomic E-state index is 0.425. The first-order chi connectivity index (χ1) is 12.1. The fourth-order valence-corrected chi connectivity index (χ4v) is 3.22. The maximum atomic E-state index is 11.3. The van der Waals surface area contributed by atoms with Gasteiger partial charge in [-0.15, -0.1) is 0 Å². The topological polar surface area (TPSA) is 85.0 Å². The molecule has 3 rings (SSSR count). The van der Waals surface area contributed by atoms with Gasteiger partial charge in [-0.3, -0.25) is 5.21 Å². The lowest BCUT2D eigenvalue weighted by Gasteiger charge is -2.31. The molecule has 0 saturated carbocycles. The van der Waals surface area contributed by atoms with Crippen molar-refractivity contribution in [2.75, 3.05) is 7.11 Å². The Hall–Kier alpha value is -2.73. The van der Waals surface area contributed by atoms with Crippen LogP contribution < -0.4 is 15.2 Å². The Bertz CT molecular complexity index is 746. The van der Waals surface area contributed by atoms with E-state index < -0.39 is 12.1 Å². The van der Waals surface area contributed by atoms with E-state index in [4.69, 9.17) is 15.2 Å². The first kappa shape index (κ1) is 17.1. The number of urea groups is 1. The zero-order valence-corrected chi connectivity index (χ0v) is 14.1. The van der Waals surface area contributed by atoms with Gasteiger partial charge in [-0.25, -0.2) is 4.79 Å². The van der Waals surface area contributed by atoms with E-state index in [0.29, 0.717) is 18.1 Å². The summed E-state index contributed by atoms with van der Waals surface area (Å²) in [5, 5.41) is 10.6. The fraction of sp³-hybridized carbons (Fsp3) is 0.316. The second kappa shape index (κ2) is 7.44. The fourth-order valence-electron chi connectivity index (χ4n) is 3.22. The van der Waals surface area contributed by atoms with Crippen molar-refractivity contribution in [2.45, 2.75) is 31.9 Å². The number of amides is 2. The highest BCUT2D eigenvalue weighted by atomic mass is 16.5. The molecule has 1 aliphatic carbocycles. The summed E-state index contributed by atoms with van der Waals surface area (Å²) >= 11 is 0. The summed E-state index contributed by atoms with van der Waals surface area (Å²) in [6.45, 7) is 0.434.